The molecule has 2 fully saturated rings. The van der Waals surface area contributed by atoms with E-state index in [2.05, 4.69) is 28.8 Å². The number of halogens is 3. The highest BCUT2D eigenvalue weighted by Crippen LogP contribution is 2.44. The van der Waals surface area contributed by atoms with Crippen LogP contribution in [0.4, 0.5) is 13.2 Å². The second-order valence-corrected chi connectivity index (χ2v) is 9.70. The molecular weight excluding hydrogens is 541 g/mol. The van der Waals surface area contributed by atoms with Crippen molar-refractivity contribution in [2.45, 2.75) is 44.7 Å². The molecule has 0 unspecified atom stereocenters. The van der Waals surface area contributed by atoms with Crippen molar-refractivity contribution in [3.63, 3.8) is 0 Å². The van der Waals surface area contributed by atoms with Crippen molar-refractivity contribution in [1.29, 1.82) is 10.8 Å². The quantitative estimate of drug-likeness (QED) is 0.185. The van der Waals surface area contributed by atoms with E-state index >= 15 is 0 Å². The lowest BCUT2D eigenvalue weighted by Gasteiger charge is -2.31. The highest BCUT2D eigenvalue weighted by molar-refractivity contribution is 6.11. The highest BCUT2D eigenvalue weighted by Gasteiger charge is 2.49. The number of carbonyl (C=O) groups is 3. The average Bonchev–Trinajstić information content (AvgIpc) is 3.52. The third kappa shape index (κ3) is 7.56. The molecule has 10 nitrogen and oxygen atoms in total. The molecule has 2 aliphatic rings. The number of amides is 2. The Kier molecular flexibility index (Phi) is 9.63. The van der Waals surface area contributed by atoms with Crippen molar-refractivity contribution < 1.29 is 32.0 Å². The maximum Gasteiger partial charge on any atom is 0.394 e. The summed E-state index contributed by atoms with van der Waals surface area (Å²) in [6, 6.07) is 0. The van der Waals surface area contributed by atoms with E-state index in [1.54, 1.807) is 7.05 Å². The highest BCUT2D eigenvalue weighted by atomic mass is 19.4. The van der Waals surface area contributed by atoms with Crippen LogP contribution in [0.3, 0.4) is 0 Å². The second-order valence-electron chi connectivity index (χ2n) is 9.70. The first-order valence-electron chi connectivity index (χ1n) is 12.7. The second kappa shape index (κ2) is 12.7. The molecule has 1 saturated carbocycles. The summed E-state index contributed by atoms with van der Waals surface area (Å²) in [6.07, 6.45) is 3.83. The van der Waals surface area contributed by atoms with Gasteiger partial charge >= 0.3 is 6.18 Å². The number of Topliss-reactive ketones (excluding diaryl/α,β-unsaturated/α-hetero) is 1. The van der Waals surface area contributed by atoms with Gasteiger partial charge in [-0.2, -0.15) is 13.2 Å². The van der Waals surface area contributed by atoms with E-state index < -0.39 is 29.6 Å². The van der Waals surface area contributed by atoms with Crippen molar-refractivity contribution in [3.8, 4) is 0 Å². The zero-order chi connectivity index (χ0) is 30.4. The van der Waals surface area contributed by atoms with E-state index in [0.717, 1.165) is 6.26 Å². The van der Waals surface area contributed by atoms with Gasteiger partial charge in [0, 0.05) is 43.9 Å². The van der Waals surface area contributed by atoms with Crippen molar-refractivity contribution in [2.24, 2.45) is 5.41 Å². The fourth-order valence-electron chi connectivity index (χ4n) is 4.60. The van der Waals surface area contributed by atoms with Crippen molar-refractivity contribution >= 4 is 34.7 Å². The van der Waals surface area contributed by atoms with E-state index in [9.17, 15) is 27.6 Å². The first-order valence-corrected chi connectivity index (χ1v) is 12.7. The number of carbonyl (C=O) groups excluding carboxylic acids is 3. The fourth-order valence-corrected chi connectivity index (χ4v) is 4.60. The number of allylic oxidation sites excluding steroid dienone is 6. The van der Waals surface area contributed by atoms with Crippen LogP contribution in [0.2, 0.25) is 0 Å². The van der Waals surface area contributed by atoms with Crippen LogP contribution in [-0.4, -0.2) is 58.8 Å². The van der Waals surface area contributed by atoms with Crippen LogP contribution in [0.5, 0.6) is 0 Å². The van der Waals surface area contributed by atoms with Crippen LogP contribution in [0.1, 0.15) is 54.9 Å². The topological polar surface area (TPSA) is 152 Å². The van der Waals surface area contributed by atoms with E-state index in [0.29, 0.717) is 32.1 Å². The van der Waals surface area contributed by atoms with Gasteiger partial charge in [-0.05, 0) is 37.0 Å². The predicted octanol–water partition coefficient (Wildman–Crippen LogP) is 4.46. The van der Waals surface area contributed by atoms with Gasteiger partial charge in [-0.15, -0.1) is 0 Å². The molecule has 0 atom stereocenters. The largest absolute Gasteiger partial charge is 0.444 e. The summed E-state index contributed by atoms with van der Waals surface area (Å²) in [5, 5.41) is 21.6. The number of ketones is 1. The van der Waals surface area contributed by atoms with Gasteiger partial charge in [0.25, 0.3) is 5.91 Å². The third-order valence-electron chi connectivity index (χ3n) is 6.83. The van der Waals surface area contributed by atoms with Crippen LogP contribution < -0.4 is 10.6 Å². The van der Waals surface area contributed by atoms with E-state index in [1.807, 2.05) is 0 Å². The van der Waals surface area contributed by atoms with Crippen molar-refractivity contribution in [2.75, 3.05) is 13.6 Å². The summed E-state index contributed by atoms with van der Waals surface area (Å²) in [4.78, 5) is 43.4. The number of oxazole rings is 1. The summed E-state index contributed by atoms with van der Waals surface area (Å²) in [5.41, 5.74) is -1.73. The SMILES string of the molecule is C=C/C=C\C(=C/C(=C)C(=N)CC(F)(F)F)c1nc(C(=O)N/C(=C/NC)C(=N)N2CCC3(CCC(=O)CC3)C2=O)co1. The van der Waals surface area contributed by atoms with Crippen LogP contribution >= 0.6 is 0 Å². The minimum atomic E-state index is -4.58. The third-order valence-corrected chi connectivity index (χ3v) is 6.83. The molecule has 41 heavy (non-hydrogen) atoms. The minimum Gasteiger partial charge on any atom is -0.444 e. The zero-order valence-electron chi connectivity index (χ0n) is 22.5. The van der Waals surface area contributed by atoms with Gasteiger partial charge in [-0.1, -0.05) is 25.3 Å². The number of hydrogen-bond donors (Lipinski definition) is 4. The van der Waals surface area contributed by atoms with E-state index in [1.165, 1.54) is 35.4 Å². The van der Waals surface area contributed by atoms with Crippen LogP contribution in [0.15, 0.2) is 65.6 Å². The standard InChI is InChI=1S/C28H31F3N6O4/c1-4-5-6-18(13-17(2)20(32)14-28(29,30)31)25-36-22(16-41-25)24(39)35-21(15-34-3)23(33)37-12-11-27(26(37)40)9-7-19(38)8-10-27/h4-6,13,15-16,32-34H,1-2,7-12,14H2,3H3,(H,35,39)/b6-5-,18-13+,21-15+,32-20?,33-23?. The molecule has 1 aromatic rings. The molecule has 1 aliphatic carbocycles. The molecule has 218 valence electrons. The number of alkyl halides is 3. The monoisotopic (exact) mass is 572 g/mol. The Morgan fingerprint density at radius 3 is 2.54 bits per heavy atom. The van der Waals surface area contributed by atoms with E-state index in [-0.39, 0.29) is 52.5 Å². The summed E-state index contributed by atoms with van der Waals surface area (Å²) in [6.45, 7) is 7.33. The summed E-state index contributed by atoms with van der Waals surface area (Å²) in [5.74, 6) is -1.27. The molecule has 3 rings (SSSR count). The van der Waals surface area contributed by atoms with Gasteiger partial charge in [0.1, 0.15) is 12.0 Å². The van der Waals surface area contributed by atoms with Gasteiger partial charge in [-0.3, -0.25) is 24.7 Å². The molecule has 4 N–H and O–H groups in total. The maximum atomic E-state index is 13.3. The first-order chi connectivity index (χ1) is 19.3. The number of likely N-dealkylation sites (tertiary alicyclic amines) is 1. The molecule has 2 heterocycles. The minimum absolute atomic E-state index is 0.00405. The molecule has 13 heteroatoms. The van der Waals surface area contributed by atoms with Crippen molar-refractivity contribution in [1.82, 2.24) is 20.5 Å². The number of rotatable bonds is 10. The van der Waals surface area contributed by atoms with Gasteiger partial charge < -0.3 is 20.5 Å². The Morgan fingerprint density at radius 2 is 1.93 bits per heavy atom. The normalized spacial score (nSPS) is 17.7. The lowest BCUT2D eigenvalue weighted by Crippen LogP contribution is -2.43. The number of aromatic nitrogens is 1. The van der Waals surface area contributed by atoms with Crippen LogP contribution in [0.25, 0.3) is 5.57 Å². The molecule has 2 amide bonds. The summed E-state index contributed by atoms with van der Waals surface area (Å²) in [7, 11) is 1.56. The average molecular weight is 573 g/mol. The molecule has 0 aromatic carbocycles. The van der Waals surface area contributed by atoms with Crippen LogP contribution in [-0.2, 0) is 9.59 Å². The lowest BCUT2D eigenvalue weighted by atomic mass is 9.72. The Labute approximate surface area is 234 Å². The van der Waals surface area contributed by atoms with E-state index in [4.69, 9.17) is 15.2 Å². The van der Waals surface area contributed by atoms with Gasteiger partial charge in [0.2, 0.25) is 11.8 Å². The first kappa shape index (κ1) is 31.0. The fraction of sp³-hybridized carbons (Fsp3) is 0.357. The number of hydrogen-bond acceptors (Lipinski definition) is 8. The molecule has 1 spiro atoms. The molecule has 0 bridgehead atoms. The van der Waals surface area contributed by atoms with Gasteiger partial charge in [0.05, 0.1) is 17.5 Å². The Balaban J connectivity index is 1.77. The number of nitrogens with one attached hydrogen (secondary N) is 4. The Bertz CT molecular complexity index is 1360. The zero-order valence-corrected chi connectivity index (χ0v) is 22.5. The Morgan fingerprint density at radius 1 is 1.24 bits per heavy atom. The molecule has 1 aliphatic heterocycles. The van der Waals surface area contributed by atoms with Gasteiger partial charge in [0.15, 0.2) is 11.5 Å². The molecule has 0 radical (unpaired) electrons. The Hall–Kier alpha value is -4.55. The number of amidine groups is 1. The van der Waals surface area contributed by atoms with Gasteiger partial charge in [-0.25, -0.2) is 4.98 Å². The maximum absolute atomic E-state index is 13.3. The predicted molar refractivity (Wildman–Crippen MR) is 146 cm³/mol. The molecule has 1 aromatic heterocycles. The molecular formula is C28H31F3N6O4. The van der Waals surface area contributed by atoms with Crippen LogP contribution in [0, 0.1) is 16.2 Å². The number of nitrogens with zero attached hydrogens (tertiary/aromatic N) is 2. The summed E-state index contributed by atoms with van der Waals surface area (Å²) >= 11 is 0. The molecule has 1 saturated heterocycles. The van der Waals surface area contributed by atoms with Crippen molar-refractivity contribution in [3.05, 3.63) is 72.8 Å². The lowest BCUT2D eigenvalue weighted by molar-refractivity contribution is -0.136. The summed E-state index contributed by atoms with van der Waals surface area (Å²) < 4.78 is 43.5. The smallest absolute Gasteiger partial charge is 0.394 e.